The molecule has 0 aliphatic heterocycles. The molecule has 0 aromatic carbocycles. The summed E-state index contributed by atoms with van der Waals surface area (Å²) in [7, 11) is 1.69. The van der Waals surface area contributed by atoms with Crippen molar-refractivity contribution in [2.24, 2.45) is 5.92 Å². The molecule has 4 rings (SSSR count). The second-order valence-corrected chi connectivity index (χ2v) is 9.23. The Labute approximate surface area is 213 Å². The molecule has 36 heavy (non-hydrogen) atoms. The second-order valence-electron chi connectivity index (χ2n) is 9.23. The zero-order chi connectivity index (χ0) is 26.7. The maximum absolute atomic E-state index is 12.3. The van der Waals surface area contributed by atoms with Crippen LogP contribution in [-0.2, 0) is 0 Å². The van der Waals surface area contributed by atoms with E-state index in [1.165, 1.54) is 22.8 Å². The average molecular weight is 492 g/mol. The van der Waals surface area contributed by atoms with Crippen LogP contribution in [0.15, 0.2) is 79.3 Å². The van der Waals surface area contributed by atoms with Gasteiger partial charge in [-0.2, -0.15) is 14.6 Å². The topological polar surface area (TPSA) is 83.9 Å². The van der Waals surface area contributed by atoms with Crippen LogP contribution in [0.25, 0.3) is 11.2 Å². The van der Waals surface area contributed by atoms with Crippen molar-refractivity contribution in [1.82, 2.24) is 29.7 Å². The summed E-state index contributed by atoms with van der Waals surface area (Å²) in [6.07, 6.45) is 12.9. The lowest BCUT2D eigenvalue weighted by atomic mass is 10.1. The molecule has 192 valence electrons. The van der Waals surface area contributed by atoms with Crippen molar-refractivity contribution < 1.29 is 4.39 Å². The zero-order valence-electron chi connectivity index (χ0n) is 22.3. The molecule has 0 radical (unpaired) electrons. The van der Waals surface area contributed by atoms with E-state index >= 15 is 0 Å². The number of hydrogen-bond acceptors (Lipinski definition) is 5. The van der Waals surface area contributed by atoms with E-state index in [0.29, 0.717) is 17.4 Å². The maximum Gasteiger partial charge on any atom is 0.210 e. The summed E-state index contributed by atoms with van der Waals surface area (Å²) in [5.74, 6) is 0.264. The van der Waals surface area contributed by atoms with Gasteiger partial charge in [0.25, 0.3) is 0 Å². The van der Waals surface area contributed by atoms with Crippen molar-refractivity contribution in [3.63, 3.8) is 0 Å². The van der Waals surface area contributed by atoms with Crippen LogP contribution >= 0.6 is 0 Å². The van der Waals surface area contributed by atoms with Gasteiger partial charge in [0.2, 0.25) is 5.97 Å². The third-order valence-electron chi connectivity index (χ3n) is 5.43. The van der Waals surface area contributed by atoms with Crippen molar-refractivity contribution in [2.45, 2.75) is 53.4 Å². The summed E-state index contributed by atoms with van der Waals surface area (Å²) in [5, 5.41) is 17.9. The lowest BCUT2D eigenvalue weighted by molar-refractivity contribution is 0.721. The van der Waals surface area contributed by atoms with Crippen molar-refractivity contribution in [3.05, 3.63) is 90.4 Å². The van der Waals surface area contributed by atoms with Gasteiger partial charge in [-0.25, -0.2) is 9.20 Å². The molecule has 0 aliphatic carbocycles. The Kier molecular flexibility index (Phi) is 11.0. The Balaban J connectivity index is 0.000000194. The van der Waals surface area contributed by atoms with Crippen molar-refractivity contribution in [3.8, 4) is 5.69 Å². The van der Waals surface area contributed by atoms with Gasteiger partial charge in [-0.05, 0) is 47.6 Å². The van der Waals surface area contributed by atoms with Crippen LogP contribution in [0.1, 0.15) is 64.5 Å². The van der Waals surface area contributed by atoms with Crippen LogP contribution in [-0.4, -0.2) is 37.4 Å². The van der Waals surface area contributed by atoms with Gasteiger partial charge < -0.3 is 5.32 Å². The van der Waals surface area contributed by atoms with Gasteiger partial charge in [-0.1, -0.05) is 47.6 Å². The quantitative estimate of drug-likeness (QED) is 0.300. The van der Waals surface area contributed by atoms with Gasteiger partial charge in [-0.3, -0.25) is 10.4 Å². The van der Waals surface area contributed by atoms with Crippen LogP contribution in [0.3, 0.4) is 0 Å². The van der Waals surface area contributed by atoms with Gasteiger partial charge in [0.05, 0.1) is 29.8 Å². The number of pyridine rings is 2. The standard InChI is InChI=1S/C11H13N3.C10H12N2.C7H13FN2/c1-9(2)10-6-13-14(8-10)11-4-3-5-12-7-11;1-8(2)9-7-11-12-6-4-3-5-10(9)12;1-5(2)6(4-10-3)7(8)9/h3-9H,1-2H3;3-8H,1-2H3;4-5,9-10H,1-3H3/b;;6-4-,9-7?. The summed E-state index contributed by atoms with van der Waals surface area (Å²) in [6, 6.07) is 10.0. The molecule has 4 heterocycles. The molecule has 4 aromatic heterocycles. The Bertz CT molecular complexity index is 1240. The van der Waals surface area contributed by atoms with Gasteiger partial charge in [0.1, 0.15) is 0 Å². The van der Waals surface area contributed by atoms with Crippen molar-refractivity contribution in [1.29, 1.82) is 5.41 Å². The molecule has 7 nitrogen and oxygen atoms in total. The Morgan fingerprint density at radius 2 is 1.72 bits per heavy atom. The second kappa shape index (κ2) is 13.9. The first kappa shape index (κ1) is 28.4. The first-order valence-electron chi connectivity index (χ1n) is 12.1. The Morgan fingerprint density at radius 3 is 2.22 bits per heavy atom. The highest BCUT2D eigenvalue weighted by atomic mass is 19.1. The van der Waals surface area contributed by atoms with E-state index < -0.39 is 5.97 Å². The van der Waals surface area contributed by atoms with Crippen molar-refractivity contribution >= 4 is 11.5 Å². The minimum atomic E-state index is -0.857. The van der Waals surface area contributed by atoms with Gasteiger partial charge in [-0.15, -0.1) is 0 Å². The minimum absolute atomic E-state index is 0.0601. The minimum Gasteiger partial charge on any atom is -0.394 e. The van der Waals surface area contributed by atoms with E-state index in [1.807, 2.05) is 72.1 Å². The lowest BCUT2D eigenvalue weighted by Crippen LogP contribution is -2.07. The van der Waals surface area contributed by atoms with E-state index in [1.54, 1.807) is 19.4 Å². The summed E-state index contributed by atoms with van der Waals surface area (Å²) >= 11 is 0. The normalized spacial score (nSPS) is 11.2. The van der Waals surface area contributed by atoms with E-state index in [0.717, 1.165) is 5.69 Å². The zero-order valence-corrected chi connectivity index (χ0v) is 22.3. The number of nitrogens with zero attached hydrogens (tertiary/aromatic N) is 5. The van der Waals surface area contributed by atoms with E-state index in [2.05, 4.69) is 54.3 Å². The third kappa shape index (κ3) is 8.15. The molecule has 8 heteroatoms. The molecular weight excluding hydrogens is 453 g/mol. The van der Waals surface area contributed by atoms with Crippen LogP contribution in [0.4, 0.5) is 4.39 Å². The summed E-state index contributed by atoms with van der Waals surface area (Å²) < 4.78 is 16.0. The van der Waals surface area contributed by atoms with E-state index in [-0.39, 0.29) is 5.92 Å². The SMILES string of the molecule is CC(C)c1cnn(-c2cccnc2)c1.CC(C)c1cnn2ccccc12.CN/C=C(\C(=N)F)C(C)C. The lowest BCUT2D eigenvalue weighted by Gasteiger charge is -2.05. The number of nitrogens with one attached hydrogen (secondary N) is 2. The van der Waals surface area contributed by atoms with Crippen LogP contribution in [0, 0.1) is 11.3 Å². The summed E-state index contributed by atoms with van der Waals surface area (Å²) in [6.45, 7) is 12.4. The highest BCUT2D eigenvalue weighted by Gasteiger charge is 2.07. The highest BCUT2D eigenvalue weighted by molar-refractivity contribution is 5.90. The van der Waals surface area contributed by atoms with Crippen LogP contribution < -0.4 is 5.32 Å². The van der Waals surface area contributed by atoms with Gasteiger partial charge in [0, 0.05) is 43.0 Å². The largest absolute Gasteiger partial charge is 0.394 e. The molecular formula is C28H38FN7. The highest BCUT2D eigenvalue weighted by Crippen LogP contribution is 2.19. The number of fused-ring (bicyclic) bond motifs is 1. The molecule has 0 fully saturated rings. The Morgan fingerprint density at radius 1 is 0.972 bits per heavy atom. The maximum atomic E-state index is 12.3. The number of allylic oxidation sites excluding steroid dienone is 1. The fourth-order valence-corrected chi connectivity index (χ4v) is 3.30. The molecule has 0 amide bonds. The third-order valence-corrected chi connectivity index (χ3v) is 5.43. The monoisotopic (exact) mass is 491 g/mol. The van der Waals surface area contributed by atoms with E-state index in [4.69, 9.17) is 5.41 Å². The molecule has 0 aliphatic rings. The van der Waals surface area contributed by atoms with Crippen LogP contribution in [0.2, 0.25) is 0 Å². The molecule has 0 unspecified atom stereocenters. The van der Waals surface area contributed by atoms with Crippen LogP contribution in [0.5, 0.6) is 0 Å². The summed E-state index contributed by atoms with van der Waals surface area (Å²) in [4.78, 5) is 4.05. The molecule has 0 atom stereocenters. The fraction of sp³-hybridized carbons (Fsp3) is 0.357. The molecule has 0 saturated carbocycles. The predicted octanol–water partition coefficient (Wildman–Crippen LogP) is 6.54. The summed E-state index contributed by atoms with van der Waals surface area (Å²) in [5.41, 5.74) is 5.18. The van der Waals surface area contributed by atoms with Gasteiger partial charge >= 0.3 is 0 Å². The first-order chi connectivity index (χ1) is 17.1. The molecule has 4 aromatic rings. The number of aromatic nitrogens is 5. The first-order valence-corrected chi connectivity index (χ1v) is 12.1. The Hall–Kier alpha value is -3.81. The molecule has 0 spiro atoms. The number of rotatable bonds is 6. The molecule has 2 N–H and O–H groups in total. The average Bonchev–Trinajstić information content (AvgIpc) is 3.51. The van der Waals surface area contributed by atoms with E-state index in [9.17, 15) is 4.39 Å². The van der Waals surface area contributed by atoms with Gasteiger partial charge in [0.15, 0.2) is 0 Å². The predicted molar refractivity (Wildman–Crippen MR) is 146 cm³/mol. The number of halogens is 1. The smallest absolute Gasteiger partial charge is 0.210 e. The van der Waals surface area contributed by atoms with Crippen molar-refractivity contribution in [2.75, 3.05) is 7.05 Å². The number of hydrogen-bond donors (Lipinski definition) is 2. The molecule has 0 saturated heterocycles. The fourth-order valence-electron chi connectivity index (χ4n) is 3.30. The molecule has 0 bridgehead atoms.